The summed E-state index contributed by atoms with van der Waals surface area (Å²) in [4.78, 5) is 15.4. The third-order valence-electron chi connectivity index (χ3n) is 1.49. The van der Waals surface area contributed by atoms with Crippen molar-refractivity contribution in [3.05, 3.63) is 42.2 Å². The summed E-state index contributed by atoms with van der Waals surface area (Å²) >= 11 is 3.26. The first-order valence-electron chi connectivity index (χ1n) is 4.08. The van der Waals surface area contributed by atoms with E-state index < -0.39 is 5.97 Å². The van der Waals surface area contributed by atoms with Gasteiger partial charge in [0.15, 0.2) is 0 Å². The van der Waals surface area contributed by atoms with E-state index >= 15 is 0 Å². The lowest BCUT2D eigenvalue weighted by Crippen LogP contribution is -2.08. The molecular weight excluding hydrogens is 246 g/mol. The van der Waals surface area contributed by atoms with Gasteiger partial charge in [-0.3, -0.25) is 0 Å². The van der Waals surface area contributed by atoms with Crippen LogP contribution in [0.3, 0.4) is 0 Å². The van der Waals surface area contributed by atoms with Gasteiger partial charge in [0.2, 0.25) is 0 Å². The van der Waals surface area contributed by atoms with Gasteiger partial charge in [0.1, 0.15) is 12.3 Å². The Bertz CT molecular complexity index is 339. The highest BCUT2D eigenvalue weighted by Gasteiger charge is 2.07. The minimum Gasteiger partial charge on any atom is -0.457 e. The highest BCUT2D eigenvalue weighted by atomic mass is 79.9. The van der Waals surface area contributed by atoms with E-state index in [1.807, 2.05) is 6.07 Å². The molecule has 0 aromatic carbocycles. The van der Waals surface area contributed by atoms with Crippen LogP contribution in [-0.4, -0.2) is 17.6 Å². The standard InChI is InChI=1S/C10H10BrNO2/c1-2-6-14-10(13)9-5-3-4-8(7-11)12-9/h2-5H,1,6-7H2. The Morgan fingerprint density at radius 1 is 1.64 bits per heavy atom. The average Bonchev–Trinajstić information content (AvgIpc) is 2.26. The molecule has 1 aromatic rings. The van der Waals surface area contributed by atoms with E-state index in [-0.39, 0.29) is 6.61 Å². The number of esters is 1. The lowest BCUT2D eigenvalue weighted by molar-refractivity contribution is 0.0542. The molecule has 0 aliphatic heterocycles. The molecule has 3 nitrogen and oxygen atoms in total. The molecule has 0 saturated heterocycles. The summed E-state index contributed by atoms with van der Waals surface area (Å²) in [5.74, 6) is -0.423. The first-order chi connectivity index (χ1) is 6.77. The Balaban J connectivity index is 2.73. The molecule has 1 heterocycles. The van der Waals surface area contributed by atoms with Crippen LogP contribution >= 0.6 is 15.9 Å². The maximum Gasteiger partial charge on any atom is 0.357 e. The second kappa shape index (κ2) is 5.54. The molecular formula is C10H10BrNO2. The van der Waals surface area contributed by atoms with Crippen molar-refractivity contribution in [3.8, 4) is 0 Å². The van der Waals surface area contributed by atoms with Crippen molar-refractivity contribution in [1.82, 2.24) is 4.98 Å². The second-order valence-electron chi connectivity index (χ2n) is 2.53. The zero-order valence-corrected chi connectivity index (χ0v) is 9.16. The number of pyridine rings is 1. The molecule has 0 spiro atoms. The molecule has 0 aliphatic rings. The van der Waals surface area contributed by atoms with Gasteiger partial charge in [0.05, 0.1) is 5.69 Å². The zero-order chi connectivity index (χ0) is 10.4. The molecule has 4 heteroatoms. The Morgan fingerprint density at radius 2 is 2.43 bits per heavy atom. The Morgan fingerprint density at radius 3 is 3.07 bits per heavy atom. The second-order valence-corrected chi connectivity index (χ2v) is 3.10. The molecule has 0 atom stereocenters. The van der Waals surface area contributed by atoms with E-state index in [9.17, 15) is 4.79 Å². The van der Waals surface area contributed by atoms with Crippen LogP contribution in [0.4, 0.5) is 0 Å². The van der Waals surface area contributed by atoms with Crippen molar-refractivity contribution >= 4 is 21.9 Å². The third kappa shape index (κ3) is 2.96. The van der Waals surface area contributed by atoms with Crippen LogP contribution in [0.1, 0.15) is 16.2 Å². The highest BCUT2D eigenvalue weighted by molar-refractivity contribution is 9.08. The summed E-state index contributed by atoms with van der Waals surface area (Å²) < 4.78 is 4.84. The van der Waals surface area contributed by atoms with Crippen LogP contribution in [0.5, 0.6) is 0 Å². The van der Waals surface area contributed by atoms with Gasteiger partial charge in [-0.1, -0.05) is 34.7 Å². The maximum atomic E-state index is 11.3. The molecule has 0 radical (unpaired) electrons. The molecule has 0 fully saturated rings. The summed E-state index contributed by atoms with van der Waals surface area (Å²) in [7, 11) is 0. The fourth-order valence-corrected chi connectivity index (χ4v) is 1.19. The number of rotatable bonds is 4. The number of alkyl halides is 1. The Hall–Kier alpha value is -1.16. The summed E-state index contributed by atoms with van der Waals surface area (Å²) in [6, 6.07) is 5.23. The van der Waals surface area contributed by atoms with Crippen molar-refractivity contribution in [2.24, 2.45) is 0 Å². The van der Waals surface area contributed by atoms with Crippen molar-refractivity contribution in [3.63, 3.8) is 0 Å². The largest absolute Gasteiger partial charge is 0.457 e. The molecule has 0 bridgehead atoms. The molecule has 74 valence electrons. The number of aromatic nitrogens is 1. The quantitative estimate of drug-likeness (QED) is 0.471. The monoisotopic (exact) mass is 255 g/mol. The molecule has 0 aliphatic carbocycles. The van der Waals surface area contributed by atoms with Crippen LogP contribution in [0.15, 0.2) is 30.9 Å². The van der Waals surface area contributed by atoms with Crippen LogP contribution in [0.25, 0.3) is 0 Å². The van der Waals surface area contributed by atoms with Gasteiger partial charge >= 0.3 is 5.97 Å². The summed E-state index contributed by atoms with van der Waals surface area (Å²) in [6.45, 7) is 3.66. The minimum absolute atomic E-state index is 0.207. The molecule has 0 amide bonds. The van der Waals surface area contributed by atoms with Gasteiger partial charge in [0.25, 0.3) is 0 Å². The SMILES string of the molecule is C=CCOC(=O)c1cccc(CBr)n1. The highest BCUT2D eigenvalue weighted by Crippen LogP contribution is 2.04. The van der Waals surface area contributed by atoms with E-state index in [0.29, 0.717) is 11.0 Å². The van der Waals surface area contributed by atoms with Crippen LogP contribution in [0.2, 0.25) is 0 Å². The number of carbonyl (C=O) groups excluding carboxylic acids is 1. The van der Waals surface area contributed by atoms with E-state index in [4.69, 9.17) is 4.74 Å². The van der Waals surface area contributed by atoms with Gasteiger partial charge in [-0.15, -0.1) is 0 Å². The summed E-state index contributed by atoms with van der Waals surface area (Å²) in [5.41, 5.74) is 1.13. The van der Waals surface area contributed by atoms with Gasteiger partial charge in [-0.05, 0) is 12.1 Å². The van der Waals surface area contributed by atoms with Gasteiger partial charge in [-0.2, -0.15) is 0 Å². The normalized spacial score (nSPS) is 9.50. The van der Waals surface area contributed by atoms with Crippen LogP contribution in [0, 0.1) is 0 Å². The fourth-order valence-electron chi connectivity index (χ4n) is 0.876. The first kappa shape index (κ1) is 10.9. The smallest absolute Gasteiger partial charge is 0.357 e. The zero-order valence-electron chi connectivity index (χ0n) is 7.57. The van der Waals surface area contributed by atoms with E-state index in [2.05, 4.69) is 27.5 Å². The van der Waals surface area contributed by atoms with Gasteiger partial charge in [0, 0.05) is 5.33 Å². The molecule has 1 rings (SSSR count). The molecule has 0 unspecified atom stereocenters. The lowest BCUT2D eigenvalue weighted by Gasteiger charge is -2.01. The van der Waals surface area contributed by atoms with Crippen molar-refractivity contribution in [2.75, 3.05) is 6.61 Å². The van der Waals surface area contributed by atoms with Crippen molar-refractivity contribution < 1.29 is 9.53 Å². The van der Waals surface area contributed by atoms with Gasteiger partial charge < -0.3 is 4.74 Å². The Labute approximate surface area is 90.9 Å². The summed E-state index contributed by atoms with van der Waals surface area (Å²) in [6.07, 6.45) is 1.52. The van der Waals surface area contributed by atoms with Crippen LogP contribution in [-0.2, 0) is 10.1 Å². The topological polar surface area (TPSA) is 39.2 Å². The lowest BCUT2D eigenvalue weighted by atomic mass is 10.3. The van der Waals surface area contributed by atoms with Crippen molar-refractivity contribution in [2.45, 2.75) is 5.33 Å². The first-order valence-corrected chi connectivity index (χ1v) is 5.20. The molecule has 0 N–H and O–H groups in total. The predicted octanol–water partition coefficient (Wildman–Crippen LogP) is 2.32. The summed E-state index contributed by atoms with van der Waals surface area (Å²) in [5, 5.41) is 0.621. The minimum atomic E-state index is -0.423. The number of nitrogens with zero attached hydrogens (tertiary/aromatic N) is 1. The predicted molar refractivity (Wildman–Crippen MR) is 57.3 cm³/mol. The van der Waals surface area contributed by atoms with Crippen molar-refractivity contribution in [1.29, 1.82) is 0 Å². The number of hydrogen-bond donors (Lipinski definition) is 0. The number of ether oxygens (including phenoxy) is 1. The molecule has 0 saturated carbocycles. The van der Waals surface area contributed by atoms with Gasteiger partial charge in [-0.25, -0.2) is 9.78 Å². The van der Waals surface area contributed by atoms with E-state index in [1.54, 1.807) is 12.1 Å². The Kier molecular flexibility index (Phi) is 4.32. The molecule has 14 heavy (non-hydrogen) atoms. The molecule has 1 aromatic heterocycles. The third-order valence-corrected chi connectivity index (χ3v) is 2.06. The average molecular weight is 256 g/mol. The number of hydrogen-bond acceptors (Lipinski definition) is 3. The maximum absolute atomic E-state index is 11.3. The van der Waals surface area contributed by atoms with Crippen LogP contribution < -0.4 is 0 Å². The van der Waals surface area contributed by atoms with E-state index in [0.717, 1.165) is 5.69 Å². The fraction of sp³-hybridized carbons (Fsp3) is 0.200. The number of halogens is 1. The van der Waals surface area contributed by atoms with E-state index in [1.165, 1.54) is 6.08 Å². The number of carbonyl (C=O) groups is 1.